The first kappa shape index (κ1) is 23.8. The zero-order chi connectivity index (χ0) is 23.6. The fourth-order valence-corrected chi connectivity index (χ4v) is 7.03. The van der Waals surface area contributed by atoms with Crippen molar-refractivity contribution in [2.45, 2.75) is 32.7 Å². The van der Waals surface area contributed by atoms with E-state index in [1.54, 1.807) is 0 Å². The first-order chi connectivity index (χ1) is 15.6. The molecule has 10 heteroatoms. The number of aryl methyl sites for hydroxylation is 1. The summed E-state index contributed by atoms with van der Waals surface area (Å²) in [5, 5.41) is 1.62. The zero-order valence-electron chi connectivity index (χ0n) is 18.1. The molecule has 1 saturated heterocycles. The monoisotopic (exact) mass is 498 g/mol. The largest absolute Gasteiger partial charge is 0.573 e. The van der Waals surface area contributed by atoms with Crippen molar-refractivity contribution in [2.75, 3.05) is 29.7 Å². The highest BCUT2D eigenvalue weighted by Crippen LogP contribution is 2.39. The lowest BCUT2D eigenvalue weighted by atomic mass is 10.2. The molecule has 0 bridgehead atoms. The van der Waals surface area contributed by atoms with Gasteiger partial charge in [0.15, 0.2) is 0 Å². The smallest absolute Gasteiger partial charge is 0.406 e. The minimum atomic E-state index is -4.78. The van der Waals surface area contributed by atoms with Crippen molar-refractivity contribution in [3.63, 3.8) is 0 Å². The molecule has 178 valence electrons. The topological polar surface area (TPSA) is 49.9 Å². The van der Waals surface area contributed by atoms with Gasteiger partial charge in [-0.1, -0.05) is 30.3 Å². The average molecular weight is 499 g/mol. The van der Waals surface area contributed by atoms with Crippen molar-refractivity contribution in [2.24, 2.45) is 0 Å². The van der Waals surface area contributed by atoms with Crippen molar-refractivity contribution in [1.29, 1.82) is 0 Å². The van der Waals surface area contributed by atoms with E-state index in [1.165, 1.54) is 39.9 Å². The fourth-order valence-electron chi connectivity index (χ4n) is 4.02. The molecule has 0 aliphatic carbocycles. The highest BCUT2D eigenvalue weighted by atomic mass is 32.2. The quantitative estimate of drug-likeness (QED) is 0.409. The number of ether oxygens (including phenoxy) is 1. The Kier molecular flexibility index (Phi) is 6.88. The van der Waals surface area contributed by atoms with E-state index < -0.39 is 16.4 Å². The van der Waals surface area contributed by atoms with Crippen LogP contribution in [0.15, 0.2) is 48.5 Å². The SMILES string of the molecule is Cc1c(N(Cc2ccc(OC(F)(F)F)cc2)S(=O)(=O)CCN2CCCC2)sc2ccccc12. The molecule has 5 nitrogen and oxygen atoms in total. The van der Waals surface area contributed by atoms with Gasteiger partial charge in [-0.2, -0.15) is 0 Å². The molecule has 4 rings (SSSR count). The molecule has 1 aromatic heterocycles. The van der Waals surface area contributed by atoms with Crippen molar-refractivity contribution in [3.8, 4) is 5.75 Å². The van der Waals surface area contributed by atoms with Gasteiger partial charge in [0, 0.05) is 11.2 Å². The van der Waals surface area contributed by atoms with E-state index in [-0.39, 0.29) is 18.0 Å². The van der Waals surface area contributed by atoms with Crippen molar-refractivity contribution in [1.82, 2.24) is 4.90 Å². The third-order valence-corrected chi connectivity index (χ3v) is 8.82. The van der Waals surface area contributed by atoms with Crippen LogP contribution in [0.1, 0.15) is 24.0 Å². The molecule has 33 heavy (non-hydrogen) atoms. The molecule has 2 aromatic carbocycles. The van der Waals surface area contributed by atoms with Gasteiger partial charge in [0.1, 0.15) is 10.8 Å². The molecule has 3 aromatic rings. The van der Waals surface area contributed by atoms with E-state index in [4.69, 9.17) is 0 Å². The van der Waals surface area contributed by atoms with E-state index in [1.807, 2.05) is 31.2 Å². The number of anilines is 1. The second kappa shape index (κ2) is 9.52. The molecule has 0 amide bonds. The highest BCUT2D eigenvalue weighted by Gasteiger charge is 2.31. The molecular formula is C23H25F3N2O3S2. The van der Waals surface area contributed by atoms with E-state index in [0.717, 1.165) is 41.6 Å². The van der Waals surface area contributed by atoms with Crippen molar-refractivity contribution < 1.29 is 26.3 Å². The van der Waals surface area contributed by atoms with E-state index in [9.17, 15) is 21.6 Å². The molecule has 0 radical (unpaired) electrons. The number of hydrogen-bond acceptors (Lipinski definition) is 5. The molecule has 1 aliphatic heterocycles. The van der Waals surface area contributed by atoms with Crippen LogP contribution in [0.2, 0.25) is 0 Å². The average Bonchev–Trinajstić information content (AvgIpc) is 3.39. The Morgan fingerprint density at radius 1 is 1.06 bits per heavy atom. The molecule has 0 atom stereocenters. The predicted molar refractivity (Wildman–Crippen MR) is 125 cm³/mol. The Balaban J connectivity index is 1.64. The number of rotatable bonds is 8. The summed E-state index contributed by atoms with van der Waals surface area (Å²) in [5.74, 6) is -0.358. The van der Waals surface area contributed by atoms with Crippen molar-refractivity contribution in [3.05, 3.63) is 59.7 Å². The van der Waals surface area contributed by atoms with Crippen LogP contribution in [-0.2, 0) is 16.6 Å². The summed E-state index contributed by atoms with van der Waals surface area (Å²) < 4.78 is 70.8. The summed E-state index contributed by atoms with van der Waals surface area (Å²) >= 11 is 1.41. The third kappa shape index (κ3) is 5.80. The van der Waals surface area contributed by atoms with Crippen LogP contribution in [-0.4, -0.2) is 45.1 Å². The number of thiophene rings is 1. The Morgan fingerprint density at radius 3 is 2.36 bits per heavy atom. The molecule has 0 spiro atoms. The normalized spacial score (nSPS) is 15.3. The second-order valence-electron chi connectivity index (χ2n) is 8.09. The van der Waals surface area contributed by atoms with Crippen LogP contribution in [0.3, 0.4) is 0 Å². The molecule has 0 unspecified atom stereocenters. The number of likely N-dealkylation sites (tertiary alicyclic amines) is 1. The first-order valence-corrected chi connectivity index (χ1v) is 13.1. The van der Waals surface area contributed by atoms with Gasteiger partial charge in [-0.3, -0.25) is 4.31 Å². The van der Waals surface area contributed by atoms with Gasteiger partial charge < -0.3 is 9.64 Å². The fraction of sp³-hybridized carbons (Fsp3) is 0.391. The van der Waals surface area contributed by atoms with Gasteiger partial charge in [-0.05, 0) is 67.6 Å². The maximum atomic E-state index is 13.5. The Morgan fingerprint density at radius 2 is 1.73 bits per heavy atom. The third-order valence-electron chi connectivity index (χ3n) is 5.73. The van der Waals surface area contributed by atoms with Crippen LogP contribution >= 0.6 is 11.3 Å². The van der Waals surface area contributed by atoms with Gasteiger partial charge in [-0.15, -0.1) is 24.5 Å². The summed E-state index contributed by atoms with van der Waals surface area (Å²) in [4.78, 5) is 2.15. The second-order valence-corrected chi connectivity index (χ2v) is 11.1. The van der Waals surface area contributed by atoms with E-state index >= 15 is 0 Å². The van der Waals surface area contributed by atoms with Gasteiger partial charge in [0.05, 0.1) is 12.3 Å². The molecule has 1 aliphatic rings. The minimum absolute atomic E-state index is 0.0179. The van der Waals surface area contributed by atoms with E-state index in [0.29, 0.717) is 17.1 Å². The lowest BCUT2D eigenvalue weighted by molar-refractivity contribution is -0.274. The Labute approximate surface area is 195 Å². The summed E-state index contributed by atoms with van der Waals surface area (Å²) in [6.45, 7) is 4.19. The molecule has 0 N–H and O–H groups in total. The summed E-state index contributed by atoms with van der Waals surface area (Å²) in [6, 6.07) is 13.1. The molecule has 2 heterocycles. The van der Waals surface area contributed by atoms with Crippen LogP contribution < -0.4 is 9.04 Å². The van der Waals surface area contributed by atoms with Crippen LogP contribution in [0.25, 0.3) is 10.1 Å². The number of fused-ring (bicyclic) bond motifs is 1. The summed E-state index contributed by atoms with van der Waals surface area (Å²) in [5.41, 5.74) is 1.45. The number of hydrogen-bond donors (Lipinski definition) is 0. The molecular weight excluding hydrogens is 473 g/mol. The Bertz CT molecular complexity index is 1200. The van der Waals surface area contributed by atoms with Crippen molar-refractivity contribution >= 4 is 36.4 Å². The minimum Gasteiger partial charge on any atom is -0.406 e. The van der Waals surface area contributed by atoms with Gasteiger partial charge in [0.25, 0.3) is 0 Å². The van der Waals surface area contributed by atoms with Gasteiger partial charge in [0.2, 0.25) is 10.0 Å². The van der Waals surface area contributed by atoms with Gasteiger partial charge >= 0.3 is 6.36 Å². The highest BCUT2D eigenvalue weighted by molar-refractivity contribution is 7.93. The number of benzene rings is 2. The number of sulfonamides is 1. The van der Waals surface area contributed by atoms with Gasteiger partial charge in [-0.25, -0.2) is 8.42 Å². The number of alkyl halides is 3. The standard InChI is InChI=1S/C23H25F3N2O3S2/c1-17-20-6-2-3-7-21(20)32-22(17)28(33(29,30)15-14-27-12-4-5-13-27)16-18-8-10-19(11-9-18)31-23(24,25)26/h2-3,6-11H,4-5,12-16H2,1H3. The maximum absolute atomic E-state index is 13.5. The van der Waals surface area contributed by atoms with Crippen LogP contribution in [0.5, 0.6) is 5.75 Å². The molecule has 0 saturated carbocycles. The lowest BCUT2D eigenvalue weighted by Gasteiger charge is -2.25. The number of halogens is 3. The number of nitrogens with zero attached hydrogens (tertiary/aromatic N) is 2. The zero-order valence-corrected chi connectivity index (χ0v) is 19.8. The van der Waals surface area contributed by atoms with E-state index in [2.05, 4.69) is 9.64 Å². The predicted octanol–water partition coefficient (Wildman–Crippen LogP) is 5.54. The molecule has 1 fully saturated rings. The maximum Gasteiger partial charge on any atom is 0.573 e. The summed E-state index contributed by atoms with van der Waals surface area (Å²) in [7, 11) is -3.68. The summed E-state index contributed by atoms with van der Waals surface area (Å²) in [6.07, 6.45) is -2.63. The first-order valence-electron chi connectivity index (χ1n) is 10.7. The van der Waals surface area contributed by atoms with Crippen LogP contribution in [0.4, 0.5) is 18.2 Å². The lowest BCUT2D eigenvalue weighted by Crippen LogP contribution is -2.36. The van der Waals surface area contributed by atoms with Crippen LogP contribution in [0, 0.1) is 6.92 Å². The Hall–Kier alpha value is -2.30.